The van der Waals surface area contributed by atoms with Crippen molar-refractivity contribution in [3.8, 4) is 28.0 Å². The summed E-state index contributed by atoms with van der Waals surface area (Å²) in [5.41, 5.74) is 12.3. The highest BCUT2D eigenvalue weighted by atomic mass is 35.5. The van der Waals surface area contributed by atoms with Crippen LogP contribution >= 0.6 is 11.6 Å². The second-order valence-corrected chi connectivity index (χ2v) is 7.42. The lowest BCUT2D eigenvalue weighted by Crippen LogP contribution is -2.05. The summed E-state index contributed by atoms with van der Waals surface area (Å²) in [6.45, 7) is 2.01. The predicted molar refractivity (Wildman–Crippen MR) is 122 cm³/mol. The Morgan fingerprint density at radius 3 is 1.90 bits per heavy atom. The third-order valence-electron chi connectivity index (χ3n) is 4.98. The standard InChI is InChI=1S/C26H22ClNO/c1-18(19-12-14-21(15-13-19)20-8-4-2-5-9-20)29-25-17-23(27)16-24(26(25)28)22-10-6-3-7-11-22/h2-18H,28H2,1H3/t18-/m0/s1. The molecule has 0 saturated heterocycles. The fourth-order valence-corrected chi connectivity index (χ4v) is 3.59. The molecule has 0 spiro atoms. The summed E-state index contributed by atoms with van der Waals surface area (Å²) in [6.07, 6.45) is -0.163. The van der Waals surface area contributed by atoms with E-state index < -0.39 is 0 Å². The van der Waals surface area contributed by atoms with Crippen molar-refractivity contribution in [1.29, 1.82) is 0 Å². The Morgan fingerprint density at radius 1 is 0.724 bits per heavy atom. The second-order valence-electron chi connectivity index (χ2n) is 6.98. The first-order valence-electron chi connectivity index (χ1n) is 9.58. The third kappa shape index (κ3) is 4.28. The zero-order valence-corrected chi connectivity index (χ0v) is 16.9. The van der Waals surface area contributed by atoms with Gasteiger partial charge in [-0.2, -0.15) is 0 Å². The van der Waals surface area contributed by atoms with Crippen molar-refractivity contribution in [2.75, 3.05) is 5.73 Å². The fourth-order valence-electron chi connectivity index (χ4n) is 3.38. The van der Waals surface area contributed by atoms with E-state index in [-0.39, 0.29) is 6.10 Å². The van der Waals surface area contributed by atoms with Crippen LogP contribution in [-0.4, -0.2) is 0 Å². The summed E-state index contributed by atoms with van der Waals surface area (Å²) in [7, 11) is 0. The van der Waals surface area contributed by atoms with Crippen molar-refractivity contribution < 1.29 is 4.74 Å². The van der Waals surface area contributed by atoms with Crippen LogP contribution < -0.4 is 10.5 Å². The summed E-state index contributed by atoms with van der Waals surface area (Å²) in [4.78, 5) is 0. The summed E-state index contributed by atoms with van der Waals surface area (Å²) < 4.78 is 6.21. The highest BCUT2D eigenvalue weighted by Gasteiger charge is 2.14. The largest absolute Gasteiger partial charge is 0.484 e. The average molecular weight is 400 g/mol. The van der Waals surface area contributed by atoms with Gasteiger partial charge >= 0.3 is 0 Å². The Hall–Kier alpha value is -3.23. The molecule has 4 aromatic carbocycles. The van der Waals surface area contributed by atoms with Gasteiger partial charge in [0.2, 0.25) is 0 Å². The molecule has 2 N–H and O–H groups in total. The van der Waals surface area contributed by atoms with Gasteiger partial charge in [0, 0.05) is 16.7 Å². The van der Waals surface area contributed by atoms with E-state index in [4.69, 9.17) is 22.1 Å². The molecule has 0 radical (unpaired) electrons. The summed E-state index contributed by atoms with van der Waals surface area (Å²) >= 11 is 6.35. The Labute approximate surface area is 176 Å². The highest BCUT2D eigenvalue weighted by Crippen LogP contribution is 2.38. The van der Waals surface area contributed by atoms with E-state index in [0.29, 0.717) is 16.5 Å². The maximum absolute atomic E-state index is 6.43. The minimum absolute atomic E-state index is 0.163. The summed E-state index contributed by atoms with van der Waals surface area (Å²) in [5, 5.41) is 0.597. The van der Waals surface area contributed by atoms with Crippen LogP contribution in [0.4, 0.5) is 5.69 Å². The first-order chi connectivity index (χ1) is 14.1. The van der Waals surface area contributed by atoms with Crippen molar-refractivity contribution >= 4 is 17.3 Å². The van der Waals surface area contributed by atoms with Gasteiger partial charge in [-0.15, -0.1) is 0 Å². The highest BCUT2D eigenvalue weighted by molar-refractivity contribution is 6.31. The molecule has 0 heterocycles. The molecule has 2 nitrogen and oxygen atoms in total. The topological polar surface area (TPSA) is 35.2 Å². The van der Waals surface area contributed by atoms with Crippen LogP contribution in [0.2, 0.25) is 5.02 Å². The van der Waals surface area contributed by atoms with E-state index in [9.17, 15) is 0 Å². The zero-order valence-electron chi connectivity index (χ0n) is 16.2. The molecule has 0 aliphatic carbocycles. The molecule has 0 aliphatic rings. The molecule has 29 heavy (non-hydrogen) atoms. The fraction of sp³-hybridized carbons (Fsp3) is 0.0769. The van der Waals surface area contributed by atoms with Gasteiger partial charge in [-0.25, -0.2) is 0 Å². The van der Waals surface area contributed by atoms with E-state index in [1.54, 1.807) is 6.07 Å². The molecule has 0 aromatic heterocycles. The van der Waals surface area contributed by atoms with Gasteiger partial charge in [-0.1, -0.05) is 96.5 Å². The maximum atomic E-state index is 6.43. The quantitative estimate of drug-likeness (QED) is 0.355. The van der Waals surface area contributed by atoms with Gasteiger partial charge < -0.3 is 10.5 Å². The SMILES string of the molecule is C[C@H](Oc1cc(Cl)cc(-c2ccccc2)c1N)c1ccc(-c2ccccc2)cc1. The minimum Gasteiger partial charge on any atom is -0.484 e. The number of hydrogen-bond acceptors (Lipinski definition) is 2. The van der Waals surface area contributed by atoms with E-state index >= 15 is 0 Å². The number of rotatable bonds is 5. The van der Waals surface area contributed by atoms with Crippen LogP contribution in [0.25, 0.3) is 22.3 Å². The van der Waals surface area contributed by atoms with Crippen LogP contribution in [0.3, 0.4) is 0 Å². The Balaban J connectivity index is 1.58. The lowest BCUT2D eigenvalue weighted by Gasteiger charge is -2.19. The molecule has 4 rings (SSSR count). The molecular weight excluding hydrogens is 378 g/mol. The molecule has 1 atom stereocenters. The second kappa shape index (κ2) is 8.42. The number of ether oxygens (including phenoxy) is 1. The molecule has 144 valence electrons. The summed E-state index contributed by atoms with van der Waals surface area (Å²) in [5.74, 6) is 0.594. The molecule has 0 fully saturated rings. The molecule has 0 unspecified atom stereocenters. The van der Waals surface area contributed by atoms with Crippen molar-refractivity contribution in [3.05, 3.63) is 108 Å². The third-order valence-corrected chi connectivity index (χ3v) is 5.20. The van der Waals surface area contributed by atoms with Gasteiger partial charge in [0.1, 0.15) is 11.9 Å². The van der Waals surface area contributed by atoms with E-state index in [1.165, 1.54) is 11.1 Å². The van der Waals surface area contributed by atoms with Gasteiger partial charge in [0.05, 0.1) is 5.69 Å². The number of benzene rings is 4. The zero-order chi connectivity index (χ0) is 20.2. The van der Waals surface area contributed by atoms with E-state index in [1.807, 2.05) is 61.5 Å². The van der Waals surface area contributed by atoms with E-state index in [2.05, 4.69) is 36.4 Å². The molecule has 0 amide bonds. The molecule has 4 aromatic rings. The van der Waals surface area contributed by atoms with Crippen LogP contribution in [0.1, 0.15) is 18.6 Å². The number of hydrogen-bond donors (Lipinski definition) is 1. The first-order valence-corrected chi connectivity index (χ1v) is 9.96. The van der Waals surface area contributed by atoms with Gasteiger partial charge in [0.15, 0.2) is 0 Å². The van der Waals surface area contributed by atoms with Crippen LogP contribution in [0.5, 0.6) is 5.75 Å². The predicted octanol–water partition coefficient (Wildman–Crippen LogP) is 7.40. The molecule has 3 heteroatoms. The Kier molecular flexibility index (Phi) is 5.55. The first kappa shape index (κ1) is 19.1. The molecule has 0 aliphatic heterocycles. The lowest BCUT2D eigenvalue weighted by atomic mass is 10.0. The van der Waals surface area contributed by atoms with E-state index in [0.717, 1.165) is 16.7 Å². The summed E-state index contributed by atoms with van der Waals surface area (Å²) in [6, 6.07) is 32.3. The average Bonchev–Trinajstić information content (AvgIpc) is 2.77. The van der Waals surface area contributed by atoms with Crippen LogP contribution in [-0.2, 0) is 0 Å². The molecule has 0 bridgehead atoms. The lowest BCUT2D eigenvalue weighted by molar-refractivity contribution is 0.228. The Bertz CT molecular complexity index is 1090. The maximum Gasteiger partial charge on any atom is 0.145 e. The van der Waals surface area contributed by atoms with Crippen molar-refractivity contribution in [2.24, 2.45) is 0 Å². The molecular formula is C26H22ClNO. The molecule has 0 saturated carbocycles. The monoisotopic (exact) mass is 399 g/mol. The van der Waals surface area contributed by atoms with Crippen molar-refractivity contribution in [1.82, 2.24) is 0 Å². The normalized spacial score (nSPS) is 11.8. The Morgan fingerprint density at radius 2 is 1.28 bits per heavy atom. The van der Waals surface area contributed by atoms with Crippen LogP contribution in [0.15, 0.2) is 97.1 Å². The number of nitrogens with two attached hydrogens (primary N) is 1. The van der Waals surface area contributed by atoms with Crippen molar-refractivity contribution in [3.63, 3.8) is 0 Å². The van der Waals surface area contributed by atoms with Gasteiger partial charge in [0.25, 0.3) is 0 Å². The minimum atomic E-state index is -0.163. The van der Waals surface area contributed by atoms with Gasteiger partial charge in [-0.3, -0.25) is 0 Å². The number of anilines is 1. The van der Waals surface area contributed by atoms with Crippen molar-refractivity contribution in [2.45, 2.75) is 13.0 Å². The van der Waals surface area contributed by atoms with Gasteiger partial charge in [-0.05, 0) is 35.2 Å². The number of halogens is 1. The smallest absolute Gasteiger partial charge is 0.145 e. The number of nitrogen functional groups attached to an aromatic ring is 1. The van der Waals surface area contributed by atoms with Crippen LogP contribution in [0, 0.1) is 0 Å².